The number of carbonyl (C=O) groups is 1. The van der Waals surface area contributed by atoms with Gasteiger partial charge in [-0.1, -0.05) is 54.6 Å². The summed E-state index contributed by atoms with van der Waals surface area (Å²) >= 11 is 0. The highest BCUT2D eigenvalue weighted by atomic mass is 32.2. The van der Waals surface area contributed by atoms with Crippen molar-refractivity contribution in [3.63, 3.8) is 0 Å². The third-order valence-electron chi connectivity index (χ3n) is 5.01. The largest absolute Gasteiger partial charge is 0.484 e. The van der Waals surface area contributed by atoms with Crippen LogP contribution in [0.15, 0.2) is 78.9 Å². The van der Waals surface area contributed by atoms with Crippen molar-refractivity contribution in [1.82, 2.24) is 5.32 Å². The van der Waals surface area contributed by atoms with Gasteiger partial charge in [0.25, 0.3) is 5.91 Å². The topological polar surface area (TPSA) is 75.7 Å². The van der Waals surface area contributed by atoms with Crippen molar-refractivity contribution in [2.75, 3.05) is 24.2 Å². The van der Waals surface area contributed by atoms with E-state index in [1.807, 2.05) is 61.5 Å². The Morgan fingerprint density at radius 3 is 2.19 bits per heavy atom. The average molecular weight is 439 g/mol. The maximum atomic E-state index is 12.7. The standard InChI is InChI=1S/C24H26N2O4S/c1-18-9-7-8-12-22(18)24(19-10-5-4-6-11-19)25-23(27)17-30-21-15-13-20(14-16-21)26(2)31(3,28)29/h4-16,24H,17H2,1-3H3,(H,25,27)/t24-/m1/s1. The van der Waals surface area contributed by atoms with E-state index >= 15 is 0 Å². The molecule has 3 aromatic carbocycles. The lowest BCUT2D eigenvalue weighted by Crippen LogP contribution is -2.33. The van der Waals surface area contributed by atoms with Crippen LogP contribution in [0.25, 0.3) is 0 Å². The number of hydrogen-bond acceptors (Lipinski definition) is 4. The van der Waals surface area contributed by atoms with Gasteiger partial charge in [-0.15, -0.1) is 0 Å². The van der Waals surface area contributed by atoms with Gasteiger partial charge >= 0.3 is 0 Å². The highest BCUT2D eigenvalue weighted by Gasteiger charge is 2.19. The molecule has 0 unspecified atom stereocenters. The van der Waals surface area contributed by atoms with Crippen molar-refractivity contribution in [1.29, 1.82) is 0 Å². The van der Waals surface area contributed by atoms with Crippen LogP contribution in [-0.4, -0.2) is 34.2 Å². The van der Waals surface area contributed by atoms with E-state index in [0.717, 1.165) is 22.9 Å². The van der Waals surface area contributed by atoms with Gasteiger partial charge < -0.3 is 10.1 Å². The first-order valence-electron chi connectivity index (χ1n) is 9.82. The van der Waals surface area contributed by atoms with E-state index in [1.165, 1.54) is 11.4 Å². The molecule has 3 rings (SSSR count). The zero-order valence-electron chi connectivity index (χ0n) is 17.8. The highest BCUT2D eigenvalue weighted by molar-refractivity contribution is 7.92. The number of benzene rings is 3. The van der Waals surface area contributed by atoms with Crippen LogP contribution in [0.4, 0.5) is 5.69 Å². The summed E-state index contributed by atoms with van der Waals surface area (Å²) in [5.74, 6) is 0.224. The van der Waals surface area contributed by atoms with E-state index in [9.17, 15) is 13.2 Å². The minimum atomic E-state index is -3.34. The molecular formula is C24H26N2O4S. The summed E-state index contributed by atoms with van der Waals surface area (Å²) < 4.78 is 30.1. The minimum absolute atomic E-state index is 0.156. The van der Waals surface area contributed by atoms with Crippen LogP contribution in [0.2, 0.25) is 0 Å². The summed E-state index contributed by atoms with van der Waals surface area (Å²) in [4.78, 5) is 12.7. The molecule has 7 heteroatoms. The van der Waals surface area contributed by atoms with E-state index in [4.69, 9.17) is 4.74 Å². The van der Waals surface area contributed by atoms with Crippen LogP contribution >= 0.6 is 0 Å². The zero-order chi connectivity index (χ0) is 22.4. The average Bonchev–Trinajstić information content (AvgIpc) is 2.76. The Hall–Kier alpha value is -3.32. The second-order valence-electron chi connectivity index (χ2n) is 7.28. The molecule has 162 valence electrons. The van der Waals surface area contributed by atoms with Crippen molar-refractivity contribution in [3.05, 3.63) is 95.6 Å². The second-order valence-corrected chi connectivity index (χ2v) is 9.29. The van der Waals surface area contributed by atoms with Crippen molar-refractivity contribution in [3.8, 4) is 5.75 Å². The van der Waals surface area contributed by atoms with E-state index in [-0.39, 0.29) is 18.6 Å². The zero-order valence-corrected chi connectivity index (χ0v) is 18.6. The Bertz CT molecular complexity index is 1130. The van der Waals surface area contributed by atoms with E-state index in [1.54, 1.807) is 24.3 Å². The number of nitrogens with one attached hydrogen (secondary N) is 1. The molecule has 0 heterocycles. The number of ether oxygens (including phenoxy) is 1. The summed E-state index contributed by atoms with van der Waals surface area (Å²) in [5, 5.41) is 3.06. The van der Waals surface area contributed by atoms with Crippen molar-refractivity contribution < 1.29 is 17.9 Å². The molecule has 6 nitrogen and oxygen atoms in total. The first-order chi connectivity index (χ1) is 14.8. The lowest BCUT2D eigenvalue weighted by Gasteiger charge is -2.22. The van der Waals surface area contributed by atoms with Crippen LogP contribution in [-0.2, 0) is 14.8 Å². The molecule has 0 saturated heterocycles. The fourth-order valence-electron chi connectivity index (χ4n) is 3.19. The van der Waals surface area contributed by atoms with Crippen LogP contribution in [0, 0.1) is 6.92 Å². The van der Waals surface area contributed by atoms with Gasteiger partial charge in [-0.2, -0.15) is 0 Å². The van der Waals surface area contributed by atoms with Crippen LogP contribution in [0.1, 0.15) is 22.7 Å². The van der Waals surface area contributed by atoms with Gasteiger partial charge in [-0.25, -0.2) is 8.42 Å². The smallest absolute Gasteiger partial charge is 0.258 e. The summed E-state index contributed by atoms with van der Waals surface area (Å²) in [6.07, 6.45) is 1.14. The van der Waals surface area contributed by atoms with E-state index in [2.05, 4.69) is 5.32 Å². The molecule has 3 aromatic rings. The molecule has 1 N–H and O–H groups in total. The Morgan fingerprint density at radius 1 is 0.968 bits per heavy atom. The highest BCUT2D eigenvalue weighted by Crippen LogP contribution is 2.25. The molecule has 0 radical (unpaired) electrons. The molecule has 0 saturated carbocycles. The molecule has 0 fully saturated rings. The number of amides is 1. The molecular weight excluding hydrogens is 412 g/mol. The number of aryl methyl sites for hydroxylation is 1. The fourth-order valence-corrected chi connectivity index (χ4v) is 3.70. The monoisotopic (exact) mass is 438 g/mol. The number of nitrogens with zero attached hydrogens (tertiary/aromatic N) is 1. The molecule has 31 heavy (non-hydrogen) atoms. The van der Waals surface area contributed by atoms with Crippen molar-refractivity contribution >= 4 is 21.6 Å². The van der Waals surface area contributed by atoms with Gasteiger partial charge in [0.1, 0.15) is 5.75 Å². The van der Waals surface area contributed by atoms with Gasteiger partial charge in [-0.3, -0.25) is 9.10 Å². The SMILES string of the molecule is Cc1ccccc1[C@H](NC(=O)COc1ccc(N(C)S(C)(=O)=O)cc1)c1ccccc1. The predicted octanol–water partition coefficient (Wildman–Crippen LogP) is 3.68. The molecule has 0 aliphatic heterocycles. The van der Waals surface area contributed by atoms with Gasteiger partial charge in [-0.05, 0) is 47.9 Å². The Kier molecular flexibility index (Phi) is 6.97. The summed E-state index contributed by atoms with van der Waals surface area (Å²) in [6, 6.07) is 24.0. The summed E-state index contributed by atoms with van der Waals surface area (Å²) in [5.41, 5.74) is 3.61. The number of anilines is 1. The van der Waals surface area contributed by atoms with Gasteiger partial charge in [0, 0.05) is 7.05 Å². The quantitative estimate of drug-likeness (QED) is 0.582. The van der Waals surface area contributed by atoms with Gasteiger partial charge in [0.05, 0.1) is 18.0 Å². The Balaban J connectivity index is 1.69. The lowest BCUT2D eigenvalue weighted by molar-refractivity contribution is -0.123. The lowest BCUT2D eigenvalue weighted by atomic mass is 9.95. The number of hydrogen-bond donors (Lipinski definition) is 1. The second kappa shape index (κ2) is 9.66. The molecule has 1 atom stereocenters. The first-order valence-corrected chi connectivity index (χ1v) is 11.7. The van der Waals surface area contributed by atoms with Crippen molar-refractivity contribution in [2.24, 2.45) is 0 Å². The fraction of sp³-hybridized carbons (Fsp3) is 0.208. The predicted molar refractivity (Wildman–Crippen MR) is 123 cm³/mol. The first kappa shape index (κ1) is 22.4. The van der Waals surface area contributed by atoms with Crippen LogP contribution in [0.5, 0.6) is 5.75 Å². The molecule has 0 aliphatic carbocycles. The van der Waals surface area contributed by atoms with E-state index in [0.29, 0.717) is 11.4 Å². The van der Waals surface area contributed by atoms with Gasteiger partial charge in [0.2, 0.25) is 10.0 Å². The third kappa shape index (κ3) is 5.86. The number of sulfonamides is 1. The Labute approximate surface area is 183 Å². The number of rotatable bonds is 8. The van der Waals surface area contributed by atoms with E-state index < -0.39 is 10.0 Å². The summed E-state index contributed by atoms with van der Waals surface area (Å²) in [6.45, 7) is 1.86. The molecule has 0 aromatic heterocycles. The van der Waals surface area contributed by atoms with Crippen molar-refractivity contribution in [2.45, 2.75) is 13.0 Å². The summed E-state index contributed by atoms with van der Waals surface area (Å²) in [7, 11) is -1.86. The minimum Gasteiger partial charge on any atom is -0.484 e. The van der Waals surface area contributed by atoms with Crippen LogP contribution < -0.4 is 14.4 Å². The molecule has 0 spiro atoms. The van der Waals surface area contributed by atoms with Gasteiger partial charge in [0.15, 0.2) is 6.61 Å². The maximum absolute atomic E-state index is 12.7. The molecule has 0 bridgehead atoms. The third-order valence-corrected chi connectivity index (χ3v) is 6.21. The number of carbonyl (C=O) groups excluding carboxylic acids is 1. The maximum Gasteiger partial charge on any atom is 0.258 e. The molecule has 0 aliphatic rings. The van der Waals surface area contributed by atoms with Crippen LogP contribution in [0.3, 0.4) is 0 Å². The normalized spacial score (nSPS) is 12.1. The molecule has 1 amide bonds. The Morgan fingerprint density at radius 2 is 1.58 bits per heavy atom.